The number of aliphatic hydroxyl groups is 2. The molecule has 0 bridgehead atoms. The van der Waals surface area contributed by atoms with Crippen molar-refractivity contribution in [3.8, 4) is 0 Å². The van der Waals surface area contributed by atoms with Gasteiger partial charge in [0.15, 0.2) is 5.11 Å². The molecule has 0 amide bonds. The Hall–Kier alpha value is -1.17. The fraction of sp³-hybridized carbons (Fsp3) is 0.300. The van der Waals surface area contributed by atoms with Gasteiger partial charge in [0.25, 0.3) is 5.91 Å². The molecule has 2 rings (SSSR count). The summed E-state index contributed by atoms with van der Waals surface area (Å²) in [6.45, 7) is 0.416. The minimum Gasteiger partial charge on any atom is -0.376 e. The third-order valence-corrected chi connectivity index (χ3v) is 2.85. The first-order valence-corrected chi connectivity index (χ1v) is 5.04. The second-order valence-electron chi connectivity index (χ2n) is 3.53. The average Bonchev–Trinajstić information content (AvgIpc) is 2.17. The van der Waals surface area contributed by atoms with Crippen LogP contribution in [0.5, 0.6) is 0 Å². The zero-order valence-electron chi connectivity index (χ0n) is 8.05. The molecule has 4 N–H and O–H groups in total. The molecule has 0 unspecified atom stereocenters. The molecule has 1 aromatic carbocycles. The summed E-state index contributed by atoms with van der Waals surface area (Å²) in [7, 11) is 0. The van der Waals surface area contributed by atoms with E-state index in [-0.39, 0.29) is 5.11 Å². The lowest BCUT2D eigenvalue weighted by molar-refractivity contribution is -0.254. The van der Waals surface area contributed by atoms with Crippen LogP contribution in [0.2, 0.25) is 0 Å². The van der Waals surface area contributed by atoms with Crippen molar-refractivity contribution in [1.82, 2.24) is 4.90 Å². The van der Waals surface area contributed by atoms with Crippen molar-refractivity contribution in [1.29, 1.82) is 0 Å². The highest BCUT2D eigenvalue weighted by molar-refractivity contribution is 7.80. The predicted octanol–water partition coefficient (Wildman–Crippen LogP) is -0.117. The van der Waals surface area contributed by atoms with Gasteiger partial charge in [-0.3, -0.25) is 4.90 Å². The molecular weight excluding hydrogens is 212 g/mol. The maximum Gasteiger partial charge on any atom is 0.277 e. The first-order chi connectivity index (χ1) is 7.03. The minimum absolute atomic E-state index is 0.00509. The van der Waals surface area contributed by atoms with Gasteiger partial charge in [0.05, 0.1) is 0 Å². The summed E-state index contributed by atoms with van der Waals surface area (Å²) >= 11 is 4.78. The topological polar surface area (TPSA) is 69.7 Å². The molecule has 1 aliphatic heterocycles. The van der Waals surface area contributed by atoms with Gasteiger partial charge in [0, 0.05) is 12.1 Å². The van der Waals surface area contributed by atoms with Crippen LogP contribution in [-0.4, -0.2) is 26.8 Å². The second kappa shape index (κ2) is 3.44. The van der Waals surface area contributed by atoms with Crippen LogP contribution in [0.1, 0.15) is 11.1 Å². The number of thiocarbonyl (C=S) groups is 1. The molecule has 1 heterocycles. The van der Waals surface area contributed by atoms with E-state index in [1.807, 2.05) is 12.1 Å². The van der Waals surface area contributed by atoms with E-state index in [9.17, 15) is 10.2 Å². The smallest absolute Gasteiger partial charge is 0.277 e. The SMILES string of the molecule is NC(=S)N1CCc2ccccc2C1(O)O. The summed E-state index contributed by atoms with van der Waals surface area (Å²) in [6, 6.07) is 7.15. The molecule has 0 fully saturated rings. The van der Waals surface area contributed by atoms with E-state index in [0.717, 1.165) is 5.56 Å². The highest BCUT2D eigenvalue weighted by atomic mass is 32.1. The molecule has 5 heteroatoms. The molecule has 1 aromatic rings. The first kappa shape index (κ1) is 10.4. The van der Waals surface area contributed by atoms with Crippen LogP contribution in [0.4, 0.5) is 0 Å². The number of hydrogen-bond donors (Lipinski definition) is 3. The number of rotatable bonds is 0. The molecule has 0 atom stereocenters. The molecule has 80 valence electrons. The zero-order chi connectivity index (χ0) is 11.1. The molecule has 1 aliphatic rings. The average molecular weight is 224 g/mol. The Morgan fingerprint density at radius 1 is 1.40 bits per heavy atom. The summed E-state index contributed by atoms with van der Waals surface area (Å²) < 4.78 is 0. The van der Waals surface area contributed by atoms with Crippen molar-refractivity contribution in [2.75, 3.05) is 6.54 Å². The predicted molar refractivity (Wildman–Crippen MR) is 59.8 cm³/mol. The van der Waals surface area contributed by atoms with E-state index >= 15 is 0 Å². The molecule has 15 heavy (non-hydrogen) atoms. The Kier molecular flexibility index (Phi) is 2.38. The number of hydrogen-bond acceptors (Lipinski definition) is 3. The van der Waals surface area contributed by atoms with E-state index in [1.54, 1.807) is 12.1 Å². The van der Waals surface area contributed by atoms with Crippen molar-refractivity contribution in [2.45, 2.75) is 12.3 Å². The Morgan fingerprint density at radius 3 is 2.73 bits per heavy atom. The van der Waals surface area contributed by atoms with Gasteiger partial charge in [-0.25, -0.2) is 0 Å². The lowest BCUT2D eigenvalue weighted by Gasteiger charge is -2.40. The molecule has 0 aliphatic carbocycles. The molecule has 4 nitrogen and oxygen atoms in total. The maximum absolute atomic E-state index is 9.97. The van der Waals surface area contributed by atoms with Crippen molar-refractivity contribution in [3.63, 3.8) is 0 Å². The van der Waals surface area contributed by atoms with E-state index in [0.29, 0.717) is 18.5 Å². The van der Waals surface area contributed by atoms with Gasteiger partial charge in [0.2, 0.25) is 0 Å². The van der Waals surface area contributed by atoms with Gasteiger partial charge in [0.1, 0.15) is 0 Å². The number of nitrogens with zero attached hydrogens (tertiary/aromatic N) is 1. The Bertz CT molecular complexity index is 406. The summed E-state index contributed by atoms with van der Waals surface area (Å²) in [5, 5.41) is 19.9. The lowest BCUT2D eigenvalue weighted by atomic mass is 9.96. The summed E-state index contributed by atoms with van der Waals surface area (Å²) in [4.78, 5) is 1.21. The molecule has 0 saturated carbocycles. The fourth-order valence-electron chi connectivity index (χ4n) is 1.86. The van der Waals surface area contributed by atoms with Crippen LogP contribution in [0.25, 0.3) is 0 Å². The van der Waals surface area contributed by atoms with Crippen LogP contribution in [0.3, 0.4) is 0 Å². The standard InChI is InChI=1S/C10H12N2O2S/c11-9(15)12-6-5-7-3-1-2-4-8(7)10(12,13)14/h1-4,13-14H,5-6H2,(H2,11,15). The van der Waals surface area contributed by atoms with Gasteiger partial charge in [-0.05, 0) is 24.2 Å². The van der Waals surface area contributed by atoms with Gasteiger partial charge in [-0.2, -0.15) is 0 Å². The van der Waals surface area contributed by atoms with Crippen molar-refractivity contribution in [3.05, 3.63) is 35.4 Å². The van der Waals surface area contributed by atoms with Crippen LogP contribution >= 0.6 is 12.2 Å². The monoisotopic (exact) mass is 224 g/mol. The molecule has 0 spiro atoms. The maximum atomic E-state index is 9.97. The van der Waals surface area contributed by atoms with Crippen molar-refractivity contribution < 1.29 is 10.2 Å². The third-order valence-electron chi connectivity index (χ3n) is 2.63. The summed E-state index contributed by atoms with van der Waals surface area (Å²) in [6.07, 6.45) is 0.705. The molecule has 0 saturated heterocycles. The molecule has 0 radical (unpaired) electrons. The number of benzene rings is 1. The molecular formula is C10H12N2O2S. The van der Waals surface area contributed by atoms with Crippen LogP contribution in [0.15, 0.2) is 24.3 Å². The van der Waals surface area contributed by atoms with Gasteiger partial charge in [-0.1, -0.05) is 24.3 Å². The van der Waals surface area contributed by atoms with E-state index in [1.165, 1.54) is 4.90 Å². The summed E-state index contributed by atoms with van der Waals surface area (Å²) in [5.74, 6) is -2.08. The number of nitrogens with two attached hydrogens (primary N) is 1. The Labute approximate surface area is 92.9 Å². The second-order valence-corrected chi connectivity index (χ2v) is 3.95. The highest BCUT2D eigenvalue weighted by Gasteiger charge is 2.39. The third kappa shape index (κ3) is 1.58. The van der Waals surface area contributed by atoms with E-state index in [2.05, 4.69) is 0 Å². The Morgan fingerprint density at radius 2 is 2.07 bits per heavy atom. The first-order valence-electron chi connectivity index (χ1n) is 4.63. The fourth-order valence-corrected chi connectivity index (χ4v) is 2.08. The highest BCUT2D eigenvalue weighted by Crippen LogP contribution is 2.30. The largest absolute Gasteiger partial charge is 0.376 e. The Balaban J connectivity index is 2.49. The van der Waals surface area contributed by atoms with Crippen molar-refractivity contribution >= 4 is 17.3 Å². The van der Waals surface area contributed by atoms with Crippen molar-refractivity contribution in [2.24, 2.45) is 5.73 Å². The van der Waals surface area contributed by atoms with Gasteiger partial charge >= 0.3 is 0 Å². The minimum atomic E-state index is -2.08. The van der Waals surface area contributed by atoms with E-state index < -0.39 is 5.91 Å². The van der Waals surface area contributed by atoms with Gasteiger partial charge < -0.3 is 15.9 Å². The quantitative estimate of drug-likeness (QED) is 0.423. The van der Waals surface area contributed by atoms with Crippen LogP contribution < -0.4 is 5.73 Å². The van der Waals surface area contributed by atoms with E-state index in [4.69, 9.17) is 18.0 Å². The lowest BCUT2D eigenvalue weighted by Crippen LogP contribution is -2.55. The normalized spacial score (nSPS) is 18.4. The molecule has 0 aromatic heterocycles. The van der Waals surface area contributed by atoms with Crippen LogP contribution in [-0.2, 0) is 12.3 Å². The zero-order valence-corrected chi connectivity index (χ0v) is 8.87. The number of fused-ring (bicyclic) bond motifs is 1. The van der Waals surface area contributed by atoms with Crippen LogP contribution in [0, 0.1) is 0 Å². The summed E-state index contributed by atoms with van der Waals surface area (Å²) in [5.41, 5.74) is 6.80. The van der Waals surface area contributed by atoms with Gasteiger partial charge in [-0.15, -0.1) is 0 Å².